The number of fused-ring (bicyclic) bond motifs is 2. The lowest BCUT2D eigenvalue weighted by Crippen LogP contribution is -2.45. The molecule has 2 saturated carbocycles. The summed E-state index contributed by atoms with van der Waals surface area (Å²) in [6.07, 6.45) is -0.103. The van der Waals surface area contributed by atoms with Crippen molar-refractivity contribution < 1.29 is 22.5 Å². The second-order valence-corrected chi connectivity index (χ2v) is 11.0. The van der Waals surface area contributed by atoms with E-state index in [2.05, 4.69) is 23.1 Å². The maximum Gasteiger partial charge on any atom is 0.417 e. The van der Waals surface area contributed by atoms with Crippen LogP contribution in [0, 0.1) is 23.2 Å². The predicted octanol–water partition coefficient (Wildman–Crippen LogP) is 4.26. The van der Waals surface area contributed by atoms with E-state index in [0.717, 1.165) is 31.5 Å². The van der Waals surface area contributed by atoms with Gasteiger partial charge in [-0.3, -0.25) is 4.79 Å². The molecule has 1 aromatic rings. The molecular formula is C22H31F3N3O2S+. The van der Waals surface area contributed by atoms with Crippen molar-refractivity contribution in [1.29, 1.82) is 0 Å². The van der Waals surface area contributed by atoms with E-state index in [-0.39, 0.29) is 5.41 Å². The highest BCUT2D eigenvalue weighted by Crippen LogP contribution is 2.59. The smallest absolute Gasteiger partial charge is 0.355 e. The summed E-state index contributed by atoms with van der Waals surface area (Å²) in [6.45, 7) is 6.94. The van der Waals surface area contributed by atoms with Gasteiger partial charge < -0.3 is 4.90 Å². The number of halogens is 3. The lowest BCUT2D eigenvalue weighted by Gasteiger charge is -2.31. The molecule has 1 aromatic heterocycles. The Kier molecular flexibility index (Phi) is 6.31. The Morgan fingerprint density at radius 1 is 1.26 bits per heavy atom. The average molecular weight is 459 g/mol. The standard InChI is InChI=1S/C22H31F3N3O2S/c1-15(2)20-16-6-7-21(20,18(29)12-16)14-31(30)28-9-3-8-27(10-11-28)19-5-4-17(13-26-19)22(23,24)25/h4-5,13,15-16,20,30H,3,6-12,14H2,1-2H3/q+1/t16-,20?,21-,31?/m1/s1. The van der Waals surface area contributed by atoms with Crippen LogP contribution in [0.3, 0.4) is 0 Å². The molecule has 0 radical (unpaired) electrons. The fraction of sp³-hybridized carbons (Fsp3) is 0.727. The van der Waals surface area contributed by atoms with Crippen LogP contribution in [0.2, 0.25) is 0 Å². The molecule has 2 heterocycles. The highest BCUT2D eigenvalue weighted by atomic mass is 32.2. The molecule has 2 bridgehead atoms. The second-order valence-electron chi connectivity index (χ2n) is 9.51. The Morgan fingerprint density at radius 2 is 2.03 bits per heavy atom. The largest absolute Gasteiger partial charge is 0.417 e. The Morgan fingerprint density at radius 3 is 2.65 bits per heavy atom. The molecule has 2 aliphatic carbocycles. The molecule has 1 aliphatic heterocycles. The van der Waals surface area contributed by atoms with Crippen LogP contribution in [0.5, 0.6) is 0 Å². The summed E-state index contributed by atoms with van der Waals surface area (Å²) < 4.78 is 51.5. The van der Waals surface area contributed by atoms with Crippen molar-refractivity contribution in [1.82, 2.24) is 9.29 Å². The fourth-order valence-corrected chi connectivity index (χ4v) is 7.84. The number of hydrogen-bond donors (Lipinski definition) is 1. The average Bonchev–Trinajstić information content (AvgIpc) is 3.06. The summed E-state index contributed by atoms with van der Waals surface area (Å²) in [5.74, 6) is 2.64. The van der Waals surface area contributed by atoms with Gasteiger partial charge in [-0.25, -0.2) is 4.98 Å². The van der Waals surface area contributed by atoms with E-state index in [9.17, 15) is 22.5 Å². The fourth-order valence-electron chi connectivity index (χ4n) is 6.06. The minimum absolute atomic E-state index is 0.333. The van der Waals surface area contributed by atoms with E-state index in [1.54, 1.807) is 0 Å². The van der Waals surface area contributed by atoms with Crippen molar-refractivity contribution in [2.75, 3.05) is 36.8 Å². The van der Waals surface area contributed by atoms with Crippen LogP contribution in [0.4, 0.5) is 19.0 Å². The molecule has 4 rings (SSSR count). The number of ketones is 1. The van der Waals surface area contributed by atoms with Gasteiger partial charge in [-0.15, -0.1) is 0 Å². The number of carbonyl (C=O) groups is 1. The first-order valence-corrected chi connectivity index (χ1v) is 12.4. The van der Waals surface area contributed by atoms with E-state index < -0.39 is 23.1 Å². The number of hydrogen-bond acceptors (Lipinski definition) is 5. The summed E-state index contributed by atoms with van der Waals surface area (Å²) in [7, 11) is 0. The lowest BCUT2D eigenvalue weighted by molar-refractivity contribution is -0.137. The Bertz CT molecular complexity index is 804. The van der Waals surface area contributed by atoms with Crippen LogP contribution in [0.25, 0.3) is 0 Å². The zero-order valence-corrected chi connectivity index (χ0v) is 18.9. The van der Waals surface area contributed by atoms with Gasteiger partial charge in [0.05, 0.1) is 17.5 Å². The third-order valence-corrected chi connectivity index (χ3v) is 9.10. The van der Waals surface area contributed by atoms with Crippen LogP contribution >= 0.6 is 0 Å². The van der Waals surface area contributed by atoms with Crippen LogP contribution < -0.4 is 4.90 Å². The number of carbonyl (C=O) groups excluding carboxylic acids is 1. The molecule has 0 spiro atoms. The topological polar surface area (TPSA) is 56.7 Å². The highest BCUT2D eigenvalue weighted by Gasteiger charge is 2.63. The van der Waals surface area contributed by atoms with Crippen molar-refractivity contribution in [2.45, 2.75) is 45.7 Å². The molecule has 2 unspecified atom stereocenters. The van der Waals surface area contributed by atoms with E-state index in [0.29, 0.717) is 67.7 Å². The quantitative estimate of drug-likeness (QED) is 0.669. The third-order valence-electron chi connectivity index (χ3n) is 7.37. The first-order chi connectivity index (χ1) is 14.6. The van der Waals surface area contributed by atoms with E-state index in [4.69, 9.17) is 0 Å². The molecule has 5 nitrogen and oxygen atoms in total. The zero-order chi connectivity index (χ0) is 22.4. The second kappa shape index (κ2) is 8.56. The van der Waals surface area contributed by atoms with Crippen LogP contribution in [-0.2, 0) is 22.3 Å². The van der Waals surface area contributed by atoms with Gasteiger partial charge in [-0.1, -0.05) is 18.2 Å². The first kappa shape index (κ1) is 22.9. The Balaban J connectivity index is 1.40. The van der Waals surface area contributed by atoms with Gasteiger partial charge in [0.25, 0.3) is 0 Å². The molecule has 0 aromatic carbocycles. The van der Waals surface area contributed by atoms with Crippen molar-refractivity contribution in [3.8, 4) is 0 Å². The third kappa shape index (κ3) is 4.33. The number of Topliss-reactive ketones (excluding diaryl/α,β-unsaturated/α-hetero) is 1. The van der Waals surface area contributed by atoms with Gasteiger partial charge in [0.15, 0.2) is 5.75 Å². The van der Waals surface area contributed by atoms with E-state index >= 15 is 0 Å². The minimum Gasteiger partial charge on any atom is -0.355 e. The van der Waals surface area contributed by atoms with Crippen LogP contribution in [0.15, 0.2) is 18.3 Å². The summed E-state index contributed by atoms with van der Waals surface area (Å²) in [6, 6.07) is 2.48. The zero-order valence-electron chi connectivity index (χ0n) is 18.1. The number of aromatic nitrogens is 1. The van der Waals surface area contributed by atoms with Crippen molar-refractivity contribution >= 4 is 23.0 Å². The maximum absolute atomic E-state index is 12.9. The summed E-state index contributed by atoms with van der Waals surface area (Å²) in [4.78, 5) is 18.9. The molecule has 1 N–H and O–H groups in total. The molecule has 0 amide bonds. The predicted molar refractivity (Wildman–Crippen MR) is 116 cm³/mol. The summed E-state index contributed by atoms with van der Waals surface area (Å²) in [5.41, 5.74) is -1.13. The Hall–Kier alpha value is -1.32. The van der Waals surface area contributed by atoms with Crippen molar-refractivity contribution in [2.24, 2.45) is 23.2 Å². The minimum atomic E-state index is -4.39. The number of anilines is 1. The van der Waals surface area contributed by atoms with Gasteiger partial charge in [0.1, 0.15) is 11.6 Å². The van der Waals surface area contributed by atoms with E-state index in [1.165, 1.54) is 6.07 Å². The highest BCUT2D eigenvalue weighted by molar-refractivity contribution is 7.89. The van der Waals surface area contributed by atoms with Gasteiger partial charge in [-0.2, -0.15) is 17.7 Å². The molecule has 172 valence electrons. The number of nitrogens with zero attached hydrogens (tertiary/aromatic N) is 3. The Labute approximate surface area is 184 Å². The van der Waals surface area contributed by atoms with Crippen molar-refractivity contribution in [3.05, 3.63) is 23.9 Å². The summed E-state index contributed by atoms with van der Waals surface area (Å²) >= 11 is -0.998. The maximum atomic E-state index is 12.9. The molecule has 3 fully saturated rings. The molecule has 31 heavy (non-hydrogen) atoms. The molecule has 1 saturated heterocycles. The number of alkyl halides is 3. The van der Waals surface area contributed by atoms with Gasteiger partial charge in [0.2, 0.25) is 11.4 Å². The normalized spacial score (nSPS) is 30.8. The summed E-state index contributed by atoms with van der Waals surface area (Å²) in [5, 5.41) is 0. The van der Waals surface area contributed by atoms with E-state index in [1.807, 2.05) is 4.90 Å². The number of rotatable bonds is 5. The first-order valence-electron chi connectivity index (χ1n) is 11.1. The van der Waals surface area contributed by atoms with Crippen LogP contribution in [0.1, 0.15) is 45.1 Å². The lowest BCUT2D eigenvalue weighted by atomic mass is 9.75. The molecule has 4 atom stereocenters. The molecule has 9 heteroatoms. The van der Waals surface area contributed by atoms with Gasteiger partial charge >= 0.3 is 6.18 Å². The van der Waals surface area contributed by atoms with Gasteiger partial charge in [-0.05, 0) is 49.1 Å². The van der Waals surface area contributed by atoms with Gasteiger partial charge in [0, 0.05) is 32.3 Å². The SMILES string of the molecule is CC(C)C1[C@@H]2CC[C@@]1(C[S+](O)N1CCCN(c3ccc(C(F)(F)F)cn3)CC1)C(=O)C2. The molecular weight excluding hydrogens is 427 g/mol. The number of pyridine rings is 1. The van der Waals surface area contributed by atoms with Crippen LogP contribution in [-0.4, -0.2) is 51.6 Å². The monoisotopic (exact) mass is 458 g/mol. The van der Waals surface area contributed by atoms with Crippen molar-refractivity contribution in [3.63, 3.8) is 0 Å². The molecule has 3 aliphatic rings.